The van der Waals surface area contributed by atoms with Gasteiger partial charge in [-0.3, -0.25) is 4.79 Å². The van der Waals surface area contributed by atoms with Gasteiger partial charge in [0.05, 0.1) is 19.1 Å². The highest BCUT2D eigenvalue weighted by atomic mass is 35.5. The Hall–Kier alpha value is -2.50. The third-order valence-electron chi connectivity index (χ3n) is 5.27. The van der Waals surface area contributed by atoms with Crippen molar-refractivity contribution in [1.82, 2.24) is 10.2 Å². The van der Waals surface area contributed by atoms with Crippen LogP contribution in [0.25, 0.3) is 11.0 Å². The Balaban J connectivity index is 0.00000225. The van der Waals surface area contributed by atoms with Gasteiger partial charge in [0, 0.05) is 30.6 Å². The summed E-state index contributed by atoms with van der Waals surface area (Å²) in [5.74, 6) is 1.25. The summed E-state index contributed by atoms with van der Waals surface area (Å²) < 4.78 is 11.5. The van der Waals surface area contributed by atoms with Gasteiger partial charge < -0.3 is 19.4 Å². The van der Waals surface area contributed by atoms with E-state index in [1.165, 1.54) is 0 Å². The normalized spacial score (nSPS) is 17.8. The number of amides is 1. The predicted octanol–water partition coefficient (Wildman–Crippen LogP) is 4.14. The zero-order valence-corrected chi connectivity index (χ0v) is 16.9. The second-order valence-electron chi connectivity index (χ2n) is 6.90. The molecular weight excluding hydrogens is 376 g/mol. The summed E-state index contributed by atoms with van der Waals surface area (Å²) >= 11 is 0. The number of ether oxygens (including phenoxy) is 1. The number of methoxy groups -OCH3 is 1. The molecule has 4 rings (SSSR count). The third-order valence-corrected chi connectivity index (χ3v) is 5.27. The van der Waals surface area contributed by atoms with E-state index in [-0.39, 0.29) is 30.3 Å². The Bertz CT molecular complexity index is 923. The minimum atomic E-state index is -0.340. The molecule has 1 saturated heterocycles. The number of nitrogens with zero attached hydrogens (tertiary/aromatic N) is 1. The van der Waals surface area contributed by atoms with Crippen molar-refractivity contribution in [1.29, 1.82) is 0 Å². The number of fused-ring (bicyclic) bond motifs is 1. The number of hydrogen-bond acceptors (Lipinski definition) is 4. The summed E-state index contributed by atoms with van der Waals surface area (Å²) in [4.78, 5) is 15.3. The lowest BCUT2D eigenvalue weighted by Crippen LogP contribution is -2.49. The summed E-state index contributed by atoms with van der Waals surface area (Å²) in [6.45, 7) is 4.07. The summed E-state index contributed by atoms with van der Waals surface area (Å²) in [5, 5.41) is 4.42. The van der Waals surface area contributed by atoms with Crippen LogP contribution in [0.4, 0.5) is 0 Å². The number of para-hydroxylation sites is 2. The van der Waals surface area contributed by atoms with Crippen LogP contribution in [0.2, 0.25) is 0 Å². The molecule has 2 heterocycles. The van der Waals surface area contributed by atoms with Gasteiger partial charge in [0.25, 0.3) is 0 Å². The molecule has 2 unspecified atom stereocenters. The van der Waals surface area contributed by atoms with Crippen LogP contribution in [-0.4, -0.2) is 37.6 Å². The summed E-state index contributed by atoms with van der Waals surface area (Å²) in [6, 6.07) is 17.7. The van der Waals surface area contributed by atoms with Crippen LogP contribution in [0.5, 0.6) is 5.75 Å². The zero-order valence-electron chi connectivity index (χ0n) is 16.1. The number of carbonyl (C=O) groups excluding carboxylic acids is 1. The highest BCUT2D eigenvalue weighted by Gasteiger charge is 2.33. The van der Waals surface area contributed by atoms with Crippen LogP contribution in [0.1, 0.15) is 30.2 Å². The molecule has 28 heavy (non-hydrogen) atoms. The number of halogens is 1. The van der Waals surface area contributed by atoms with E-state index in [0.29, 0.717) is 18.8 Å². The van der Waals surface area contributed by atoms with Crippen molar-refractivity contribution in [3.05, 3.63) is 65.9 Å². The molecule has 5 nitrogen and oxygen atoms in total. The minimum absolute atomic E-state index is 0. The predicted molar refractivity (Wildman–Crippen MR) is 112 cm³/mol. The van der Waals surface area contributed by atoms with Gasteiger partial charge in [-0.15, -0.1) is 12.4 Å². The molecule has 2 atom stereocenters. The Morgan fingerprint density at radius 1 is 1.21 bits per heavy atom. The number of carbonyl (C=O) groups is 1. The molecule has 148 valence electrons. The third kappa shape index (κ3) is 3.73. The Morgan fingerprint density at radius 3 is 2.75 bits per heavy atom. The smallest absolute Gasteiger partial charge is 0.233 e. The highest BCUT2D eigenvalue weighted by molar-refractivity contribution is 5.86. The van der Waals surface area contributed by atoms with E-state index in [9.17, 15) is 4.79 Å². The lowest BCUT2D eigenvalue weighted by atomic mass is 9.99. The molecule has 1 fully saturated rings. The SMILES string of the molecule is COc1ccccc1C1CNCCN1C(=O)C(C)c1cc2ccccc2o1.Cl. The fraction of sp³-hybridized carbons (Fsp3) is 0.318. The van der Waals surface area contributed by atoms with Crippen LogP contribution in [0.3, 0.4) is 0 Å². The fourth-order valence-electron chi connectivity index (χ4n) is 3.77. The van der Waals surface area contributed by atoms with Gasteiger partial charge in [-0.1, -0.05) is 36.4 Å². The first-order chi connectivity index (χ1) is 13.2. The van der Waals surface area contributed by atoms with Gasteiger partial charge in [-0.2, -0.15) is 0 Å². The van der Waals surface area contributed by atoms with Gasteiger partial charge in [-0.25, -0.2) is 0 Å². The van der Waals surface area contributed by atoms with E-state index in [4.69, 9.17) is 9.15 Å². The van der Waals surface area contributed by atoms with E-state index in [2.05, 4.69) is 5.32 Å². The van der Waals surface area contributed by atoms with Gasteiger partial charge in [0.1, 0.15) is 17.1 Å². The van der Waals surface area contributed by atoms with Gasteiger partial charge in [-0.05, 0) is 25.1 Å². The molecule has 0 saturated carbocycles. The van der Waals surface area contributed by atoms with Crippen LogP contribution in [0, 0.1) is 0 Å². The summed E-state index contributed by atoms with van der Waals surface area (Å²) in [7, 11) is 1.66. The Kier molecular flexibility index (Phi) is 6.27. The van der Waals surface area contributed by atoms with Crippen molar-refractivity contribution >= 4 is 29.3 Å². The standard InChI is InChI=1S/C22H24N2O3.ClH/c1-15(21-13-16-7-3-5-9-19(16)27-21)22(25)24-12-11-23-14-18(24)17-8-4-6-10-20(17)26-2;/h3-10,13,15,18,23H,11-12,14H2,1-2H3;1H. The molecular formula is C22H25ClN2O3. The first-order valence-corrected chi connectivity index (χ1v) is 9.31. The molecule has 1 N–H and O–H groups in total. The van der Waals surface area contributed by atoms with Crippen LogP contribution >= 0.6 is 12.4 Å². The minimum Gasteiger partial charge on any atom is -0.496 e. The number of nitrogens with one attached hydrogen (secondary N) is 1. The Morgan fingerprint density at radius 2 is 1.96 bits per heavy atom. The molecule has 0 aliphatic carbocycles. The van der Waals surface area contributed by atoms with Gasteiger partial charge in [0.15, 0.2) is 0 Å². The van der Waals surface area contributed by atoms with E-state index in [1.54, 1.807) is 7.11 Å². The van der Waals surface area contributed by atoms with E-state index < -0.39 is 0 Å². The maximum absolute atomic E-state index is 13.4. The van der Waals surface area contributed by atoms with Gasteiger partial charge >= 0.3 is 0 Å². The molecule has 2 aromatic carbocycles. The number of hydrogen-bond donors (Lipinski definition) is 1. The lowest BCUT2D eigenvalue weighted by molar-refractivity contribution is -0.136. The molecule has 1 aromatic heterocycles. The van der Waals surface area contributed by atoms with Crippen LogP contribution < -0.4 is 10.1 Å². The molecule has 1 amide bonds. The van der Waals surface area contributed by atoms with Crippen molar-refractivity contribution < 1.29 is 13.9 Å². The molecule has 1 aliphatic heterocycles. The molecule has 0 spiro atoms. The maximum Gasteiger partial charge on any atom is 0.233 e. The average molecular weight is 401 g/mol. The van der Waals surface area contributed by atoms with Crippen molar-refractivity contribution in [2.45, 2.75) is 18.9 Å². The molecule has 3 aromatic rings. The van der Waals surface area contributed by atoms with Crippen molar-refractivity contribution in [2.24, 2.45) is 0 Å². The van der Waals surface area contributed by atoms with E-state index in [0.717, 1.165) is 28.8 Å². The number of rotatable bonds is 4. The first-order valence-electron chi connectivity index (χ1n) is 9.31. The topological polar surface area (TPSA) is 54.7 Å². The zero-order chi connectivity index (χ0) is 18.8. The second-order valence-corrected chi connectivity index (χ2v) is 6.90. The molecule has 0 radical (unpaired) electrons. The van der Waals surface area contributed by atoms with Crippen molar-refractivity contribution in [3.63, 3.8) is 0 Å². The van der Waals surface area contributed by atoms with Crippen LogP contribution in [-0.2, 0) is 4.79 Å². The van der Waals surface area contributed by atoms with Crippen LogP contribution in [0.15, 0.2) is 59.0 Å². The number of piperazine rings is 1. The highest BCUT2D eigenvalue weighted by Crippen LogP contribution is 2.33. The van der Waals surface area contributed by atoms with Crippen molar-refractivity contribution in [3.8, 4) is 5.75 Å². The molecule has 6 heteroatoms. The summed E-state index contributed by atoms with van der Waals surface area (Å²) in [5.41, 5.74) is 1.84. The number of furan rings is 1. The molecule has 0 bridgehead atoms. The Labute approximate surface area is 171 Å². The van der Waals surface area contributed by atoms with E-state index >= 15 is 0 Å². The first kappa shape index (κ1) is 20.2. The maximum atomic E-state index is 13.4. The lowest BCUT2D eigenvalue weighted by Gasteiger charge is -2.38. The largest absolute Gasteiger partial charge is 0.496 e. The van der Waals surface area contributed by atoms with Gasteiger partial charge in [0.2, 0.25) is 5.91 Å². The molecule has 1 aliphatic rings. The quantitative estimate of drug-likeness (QED) is 0.715. The average Bonchev–Trinajstić information content (AvgIpc) is 3.17. The summed E-state index contributed by atoms with van der Waals surface area (Å²) in [6.07, 6.45) is 0. The fourth-order valence-corrected chi connectivity index (χ4v) is 3.77. The van der Waals surface area contributed by atoms with E-state index in [1.807, 2.05) is 66.4 Å². The second kappa shape index (κ2) is 8.67. The monoisotopic (exact) mass is 400 g/mol. The number of benzene rings is 2. The van der Waals surface area contributed by atoms with Crippen molar-refractivity contribution in [2.75, 3.05) is 26.7 Å².